The SMILES string of the molecule is CCOC(=O)C1CCCc2sc(NCc3ccsc3)nc21. The first-order valence-corrected chi connectivity index (χ1v) is 8.95. The first kappa shape index (κ1) is 14.5. The van der Waals surface area contributed by atoms with Gasteiger partial charge in [-0.2, -0.15) is 11.3 Å². The Morgan fingerprint density at radius 2 is 2.48 bits per heavy atom. The molecule has 0 bridgehead atoms. The van der Waals surface area contributed by atoms with E-state index in [0.29, 0.717) is 6.61 Å². The number of thiazole rings is 1. The van der Waals surface area contributed by atoms with Crippen LogP contribution in [0.2, 0.25) is 0 Å². The molecular formula is C15H18N2O2S2. The standard InChI is InChI=1S/C15H18N2O2S2/c1-2-19-14(18)11-4-3-5-12-13(11)17-15(21-12)16-8-10-6-7-20-9-10/h6-7,9,11H,2-5,8H2,1H3,(H,16,17). The van der Waals surface area contributed by atoms with Crippen molar-refractivity contribution >= 4 is 33.8 Å². The van der Waals surface area contributed by atoms with Crippen LogP contribution in [0.5, 0.6) is 0 Å². The van der Waals surface area contributed by atoms with Crippen LogP contribution < -0.4 is 5.32 Å². The number of esters is 1. The van der Waals surface area contributed by atoms with E-state index in [1.54, 1.807) is 22.7 Å². The van der Waals surface area contributed by atoms with Crippen molar-refractivity contribution in [1.82, 2.24) is 4.98 Å². The summed E-state index contributed by atoms with van der Waals surface area (Å²) in [6, 6.07) is 2.10. The fraction of sp³-hybridized carbons (Fsp3) is 0.467. The van der Waals surface area contributed by atoms with Crippen LogP contribution in [0, 0.1) is 0 Å². The second-order valence-electron chi connectivity index (χ2n) is 5.01. The summed E-state index contributed by atoms with van der Waals surface area (Å²) in [7, 11) is 0. The van der Waals surface area contributed by atoms with E-state index in [-0.39, 0.29) is 11.9 Å². The fourth-order valence-corrected chi connectivity index (χ4v) is 4.27. The van der Waals surface area contributed by atoms with Crippen molar-refractivity contribution in [1.29, 1.82) is 0 Å². The maximum atomic E-state index is 12.0. The third-order valence-corrected chi connectivity index (χ3v) is 5.37. The van der Waals surface area contributed by atoms with Gasteiger partial charge in [-0.15, -0.1) is 11.3 Å². The predicted molar refractivity (Wildman–Crippen MR) is 86.1 cm³/mol. The van der Waals surface area contributed by atoms with Crippen molar-refractivity contribution in [3.8, 4) is 0 Å². The van der Waals surface area contributed by atoms with Crippen molar-refractivity contribution in [3.05, 3.63) is 33.0 Å². The van der Waals surface area contributed by atoms with Crippen LogP contribution in [-0.2, 0) is 22.5 Å². The molecule has 1 aliphatic rings. The number of carbonyl (C=O) groups excluding carboxylic acids is 1. The summed E-state index contributed by atoms with van der Waals surface area (Å²) in [5, 5.41) is 8.46. The Hall–Kier alpha value is -1.40. The van der Waals surface area contributed by atoms with Crippen LogP contribution in [0.4, 0.5) is 5.13 Å². The van der Waals surface area contributed by atoms with E-state index in [4.69, 9.17) is 4.74 Å². The minimum absolute atomic E-state index is 0.131. The van der Waals surface area contributed by atoms with Gasteiger partial charge in [0.1, 0.15) is 5.92 Å². The van der Waals surface area contributed by atoms with Gasteiger partial charge in [0.25, 0.3) is 0 Å². The first-order valence-electron chi connectivity index (χ1n) is 7.19. The molecule has 3 rings (SSSR count). The van der Waals surface area contributed by atoms with E-state index in [0.717, 1.165) is 36.6 Å². The molecule has 0 amide bonds. The third kappa shape index (κ3) is 3.27. The number of fused-ring (bicyclic) bond motifs is 1. The number of hydrogen-bond acceptors (Lipinski definition) is 6. The highest BCUT2D eigenvalue weighted by Gasteiger charge is 2.31. The van der Waals surface area contributed by atoms with E-state index < -0.39 is 0 Å². The van der Waals surface area contributed by atoms with Gasteiger partial charge in [-0.1, -0.05) is 0 Å². The molecule has 0 saturated heterocycles. The van der Waals surface area contributed by atoms with Crippen LogP contribution in [0.15, 0.2) is 16.8 Å². The zero-order valence-electron chi connectivity index (χ0n) is 11.9. The molecule has 1 atom stereocenters. The predicted octanol–water partition coefficient (Wildman–Crippen LogP) is 3.80. The quantitative estimate of drug-likeness (QED) is 0.851. The highest BCUT2D eigenvalue weighted by atomic mass is 32.1. The lowest BCUT2D eigenvalue weighted by atomic mass is 9.91. The minimum Gasteiger partial charge on any atom is -0.465 e. The summed E-state index contributed by atoms with van der Waals surface area (Å²) in [4.78, 5) is 17.9. The molecule has 0 aromatic carbocycles. The van der Waals surface area contributed by atoms with Gasteiger partial charge in [0.2, 0.25) is 0 Å². The Morgan fingerprint density at radius 3 is 3.24 bits per heavy atom. The van der Waals surface area contributed by atoms with Crippen molar-refractivity contribution in [2.45, 2.75) is 38.6 Å². The molecule has 2 heterocycles. The fourth-order valence-electron chi connectivity index (χ4n) is 2.54. The maximum absolute atomic E-state index is 12.0. The number of rotatable bonds is 5. The first-order chi connectivity index (χ1) is 10.3. The second-order valence-corrected chi connectivity index (χ2v) is 6.87. The van der Waals surface area contributed by atoms with E-state index in [1.165, 1.54) is 10.4 Å². The van der Waals surface area contributed by atoms with Crippen LogP contribution in [0.1, 0.15) is 41.8 Å². The summed E-state index contributed by atoms with van der Waals surface area (Å²) < 4.78 is 5.17. The average Bonchev–Trinajstić information content (AvgIpc) is 3.13. The van der Waals surface area contributed by atoms with E-state index in [2.05, 4.69) is 27.1 Å². The zero-order chi connectivity index (χ0) is 14.7. The largest absolute Gasteiger partial charge is 0.465 e. The van der Waals surface area contributed by atoms with Gasteiger partial charge in [-0.3, -0.25) is 4.79 Å². The van der Waals surface area contributed by atoms with Crippen LogP contribution >= 0.6 is 22.7 Å². The van der Waals surface area contributed by atoms with Gasteiger partial charge in [0, 0.05) is 11.4 Å². The van der Waals surface area contributed by atoms with Crippen molar-refractivity contribution in [3.63, 3.8) is 0 Å². The number of nitrogens with one attached hydrogen (secondary N) is 1. The molecule has 2 aromatic heterocycles. The molecule has 0 fully saturated rings. The lowest BCUT2D eigenvalue weighted by Crippen LogP contribution is -2.20. The molecule has 0 spiro atoms. The lowest BCUT2D eigenvalue weighted by Gasteiger charge is -2.19. The number of ether oxygens (including phenoxy) is 1. The van der Waals surface area contributed by atoms with Crippen LogP contribution in [0.25, 0.3) is 0 Å². The van der Waals surface area contributed by atoms with Gasteiger partial charge in [-0.05, 0) is 48.6 Å². The maximum Gasteiger partial charge on any atom is 0.315 e. The van der Waals surface area contributed by atoms with Crippen molar-refractivity contribution in [2.24, 2.45) is 0 Å². The normalized spacial score (nSPS) is 17.3. The highest BCUT2D eigenvalue weighted by Crippen LogP contribution is 2.37. The molecule has 0 aliphatic heterocycles. The van der Waals surface area contributed by atoms with Gasteiger partial charge in [0.15, 0.2) is 5.13 Å². The van der Waals surface area contributed by atoms with E-state index in [1.807, 2.05) is 6.92 Å². The number of thiophene rings is 1. The van der Waals surface area contributed by atoms with Crippen LogP contribution in [0.3, 0.4) is 0 Å². The topological polar surface area (TPSA) is 51.2 Å². The molecule has 1 unspecified atom stereocenters. The molecule has 0 saturated carbocycles. The molecule has 4 nitrogen and oxygen atoms in total. The lowest BCUT2D eigenvalue weighted by molar-refractivity contribution is -0.145. The summed E-state index contributed by atoms with van der Waals surface area (Å²) in [5.74, 6) is -0.310. The average molecular weight is 322 g/mol. The number of aryl methyl sites for hydroxylation is 1. The highest BCUT2D eigenvalue weighted by molar-refractivity contribution is 7.15. The Labute approximate surface area is 132 Å². The molecule has 21 heavy (non-hydrogen) atoms. The Bertz CT molecular complexity index is 607. The number of nitrogens with zero attached hydrogens (tertiary/aromatic N) is 1. The summed E-state index contributed by atoms with van der Waals surface area (Å²) in [6.45, 7) is 3.05. The minimum atomic E-state index is -0.179. The van der Waals surface area contributed by atoms with E-state index >= 15 is 0 Å². The Balaban J connectivity index is 1.73. The Kier molecular flexibility index (Phi) is 4.55. The summed E-state index contributed by atoms with van der Waals surface area (Å²) in [5.41, 5.74) is 2.19. The molecular weight excluding hydrogens is 304 g/mol. The van der Waals surface area contributed by atoms with Crippen molar-refractivity contribution < 1.29 is 9.53 Å². The molecule has 6 heteroatoms. The molecule has 2 aromatic rings. The number of anilines is 1. The molecule has 112 valence electrons. The third-order valence-electron chi connectivity index (χ3n) is 3.55. The second kappa shape index (κ2) is 6.58. The summed E-state index contributed by atoms with van der Waals surface area (Å²) >= 11 is 3.36. The number of carbonyl (C=O) groups is 1. The zero-order valence-corrected chi connectivity index (χ0v) is 13.6. The van der Waals surface area contributed by atoms with Crippen LogP contribution in [-0.4, -0.2) is 17.6 Å². The Morgan fingerprint density at radius 1 is 1.57 bits per heavy atom. The molecule has 0 radical (unpaired) electrons. The number of hydrogen-bond donors (Lipinski definition) is 1. The smallest absolute Gasteiger partial charge is 0.315 e. The van der Waals surface area contributed by atoms with Crippen molar-refractivity contribution in [2.75, 3.05) is 11.9 Å². The molecule has 1 aliphatic carbocycles. The summed E-state index contributed by atoms with van der Waals surface area (Å²) in [6.07, 6.45) is 2.89. The van der Waals surface area contributed by atoms with E-state index in [9.17, 15) is 4.79 Å². The van der Waals surface area contributed by atoms with Gasteiger partial charge < -0.3 is 10.1 Å². The molecule has 1 N–H and O–H groups in total. The van der Waals surface area contributed by atoms with Gasteiger partial charge in [-0.25, -0.2) is 4.98 Å². The monoisotopic (exact) mass is 322 g/mol. The van der Waals surface area contributed by atoms with Gasteiger partial charge >= 0.3 is 5.97 Å². The number of aromatic nitrogens is 1. The van der Waals surface area contributed by atoms with Gasteiger partial charge in [0.05, 0.1) is 12.3 Å².